The van der Waals surface area contributed by atoms with Crippen molar-refractivity contribution in [2.75, 3.05) is 24.2 Å². The molecule has 0 atom stereocenters. The normalized spacial score (nSPS) is 22.1. The minimum Gasteiger partial charge on any atom is -0.384 e. The van der Waals surface area contributed by atoms with Gasteiger partial charge in [0.1, 0.15) is 5.82 Å². The minimum absolute atomic E-state index is 0.374. The average molecular weight is 175 g/mol. The van der Waals surface area contributed by atoms with Crippen molar-refractivity contribution in [3.05, 3.63) is 17.8 Å². The van der Waals surface area contributed by atoms with Gasteiger partial charge in [0.15, 0.2) is 0 Å². The second-order valence-electron chi connectivity index (χ2n) is 4.24. The molecular weight excluding hydrogens is 162 g/mol. The number of nitrogens with zero attached hydrogens (tertiary/aromatic N) is 2. The summed E-state index contributed by atoms with van der Waals surface area (Å²) in [5.74, 6) is 0.653. The number of rotatable bonds is 0. The SMILES string of the molecule is CN1CC2(CC2)c2nc(N)ccc21. The van der Waals surface area contributed by atoms with Gasteiger partial charge in [-0.3, -0.25) is 0 Å². The van der Waals surface area contributed by atoms with Gasteiger partial charge in [-0.1, -0.05) is 0 Å². The van der Waals surface area contributed by atoms with Gasteiger partial charge < -0.3 is 10.6 Å². The zero-order chi connectivity index (χ0) is 9.05. The topological polar surface area (TPSA) is 42.2 Å². The Morgan fingerprint density at radius 1 is 1.46 bits per heavy atom. The fourth-order valence-electron chi connectivity index (χ4n) is 2.33. The molecule has 3 heteroatoms. The van der Waals surface area contributed by atoms with Gasteiger partial charge in [-0.05, 0) is 25.0 Å². The maximum Gasteiger partial charge on any atom is 0.123 e. The second-order valence-corrected chi connectivity index (χ2v) is 4.24. The molecule has 0 aromatic carbocycles. The van der Waals surface area contributed by atoms with E-state index in [1.165, 1.54) is 24.2 Å². The molecule has 1 saturated carbocycles. The highest BCUT2D eigenvalue weighted by Gasteiger charge is 2.52. The highest BCUT2D eigenvalue weighted by Crippen LogP contribution is 2.55. The van der Waals surface area contributed by atoms with Crippen LogP contribution in [0.4, 0.5) is 11.5 Å². The van der Waals surface area contributed by atoms with Crippen molar-refractivity contribution in [2.24, 2.45) is 0 Å². The van der Waals surface area contributed by atoms with Crippen molar-refractivity contribution in [2.45, 2.75) is 18.3 Å². The van der Waals surface area contributed by atoms with Gasteiger partial charge in [0.25, 0.3) is 0 Å². The molecule has 1 fully saturated rings. The molecule has 0 radical (unpaired) electrons. The van der Waals surface area contributed by atoms with E-state index in [1.807, 2.05) is 6.07 Å². The standard InChI is InChI=1S/C10H13N3/c1-13-6-10(4-5-10)9-7(13)2-3-8(11)12-9/h2-3H,4-6H2,1H3,(H2,11,12). The van der Waals surface area contributed by atoms with Gasteiger partial charge in [-0.2, -0.15) is 0 Å². The van der Waals surface area contributed by atoms with Crippen LogP contribution in [0.2, 0.25) is 0 Å². The summed E-state index contributed by atoms with van der Waals surface area (Å²) in [6.07, 6.45) is 2.56. The number of nitrogens with two attached hydrogens (primary N) is 1. The van der Waals surface area contributed by atoms with Crippen molar-refractivity contribution in [3.63, 3.8) is 0 Å². The Balaban J connectivity index is 2.20. The van der Waals surface area contributed by atoms with E-state index in [1.54, 1.807) is 0 Å². The third-order valence-corrected chi connectivity index (χ3v) is 3.20. The lowest BCUT2D eigenvalue weighted by atomic mass is 10.1. The van der Waals surface area contributed by atoms with Crippen LogP contribution in [0.25, 0.3) is 0 Å². The van der Waals surface area contributed by atoms with Crippen LogP contribution in [0.15, 0.2) is 12.1 Å². The molecule has 0 saturated heterocycles. The zero-order valence-corrected chi connectivity index (χ0v) is 7.75. The van der Waals surface area contributed by atoms with Gasteiger partial charge in [0, 0.05) is 19.0 Å². The summed E-state index contributed by atoms with van der Waals surface area (Å²) in [4.78, 5) is 6.74. The molecule has 2 heterocycles. The molecule has 13 heavy (non-hydrogen) atoms. The molecule has 3 rings (SSSR count). The molecule has 0 bridgehead atoms. The molecule has 1 aromatic rings. The van der Waals surface area contributed by atoms with E-state index in [0.29, 0.717) is 11.2 Å². The summed E-state index contributed by atoms with van der Waals surface area (Å²) >= 11 is 0. The van der Waals surface area contributed by atoms with Crippen molar-refractivity contribution in [3.8, 4) is 0 Å². The Bertz CT molecular complexity index is 368. The summed E-state index contributed by atoms with van der Waals surface area (Å²) in [5.41, 5.74) is 8.57. The Morgan fingerprint density at radius 2 is 2.23 bits per heavy atom. The van der Waals surface area contributed by atoms with Gasteiger partial charge in [-0.15, -0.1) is 0 Å². The van der Waals surface area contributed by atoms with Crippen molar-refractivity contribution < 1.29 is 0 Å². The van der Waals surface area contributed by atoms with Crippen LogP contribution in [0, 0.1) is 0 Å². The second kappa shape index (κ2) is 1.97. The Morgan fingerprint density at radius 3 is 2.92 bits per heavy atom. The largest absolute Gasteiger partial charge is 0.384 e. The monoisotopic (exact) mass is 175 g/mol. The highest BCUT2D eigenvalue weighted by atomic mass is 15.2. The fourth-order valence-corrected chi connectivity index (χ4v) is 2.33. The lowest BCUT2D eigenvalue weighted by Crippen LogP contribution is -2.18. The van der Waals surface area contributed by atoms with Crippen LogP contribution in [0.5, 0.6) is 0 Å². The molecule has 0 unspecified atom stereocenters. The number of fused-ring (bicyclic) bond motifs is 2. The first-order chi connectivity index (χ1) is 6.21. The zero-order valence-electron chi connectivity index (χ0n) is 7.75. The van der Waals surface area contributed by atoms with E-state index >= 15 is 0 Å². The molecule has 3 nitrogen and oxygen atoms in total. The van der Waals surface area contributed by atoms with Crippen molar-refractivity contribution >= 4 is 11.5 Å². The Kier molecular flexibility index (Phi) is 1.09. The molecule has 0 amide bonds. The van der Waals surface area contributed by atoms with E-state index in [4.69, 9.17) is 5.73 Å². The van der Waals surface area contributed by atoms with Crippen molar-refractivity contribution in [1.29, 1.82) is 0 Å². The summed E-state index contributed by atoms with van der Waals surface area (Å²) in [7, 11) is 2.13. The van der Waals surface area contributed by atoms with Crippen LogP contribution in [0.3, 0.4) is 0 Å². The number of pyridine rings is 1. The number of nitrogen functional groups attached to an aromatic ring is 1. The van der Waals surface area contributed by atoms with Gasteiger partial charge in [-0.25, -0.2) is 4.98 Å². The number of aromatic nitrogens is 1. The molecule has 1 aliphatic heterocycles. The smallest absolute Gasteiger partial charge is 0.123 e. The lowest BCUT2D eigenvalue weighted by molar-refractivity contribution is 0.713. The third kappa shape index (κ3) is 0.816. The Labute approximate surface area is 77.6 Å². The van der Waals surface area contributed by atoms with Gasteiger partial charge in [0.2, 0.25) is 0 Å². The van der Waals surface area contributed by atoms with Crippen LogP contribution >= 0.6 is 0 Å². The van der Waals surface area contributed by atoms with E-state index in [0.717, 1.165) is 6.54 Å². The number of hydrogen-bond donors (Lipinski definition) is 1. The molecule has 68 valence electrons. The number of hydrogen-bond acceptors (Lipinski definition) is 3. The van der Waals surface area contributed by atoms with Gasteiger partial charge >= 0.3 is 0 Å². The quantitative estimate of drug-likeness (QED) is 0.643. The molecule has 2 N–H and O–H groups in total. The average Bonchev–Trinajstić information content (AvgIpc) is 2.79. The summed E-state index contributed by atoms with van der Waals surface area (Å²) in [5, 5.41) is 0. The van der Waals surface area contributed by atoms with Crippen LogP contribution in [-0.2, 0) is 5.41 Å². The highest BCUT2D eigenvalue weighted by molar-refractivity contribution is 5.63. The van der Waals surface area contributed by atoms with E-state index in [9.17, 15) is 0 Å². The molecular formula is C10H13N3. The van der Waals surface area contributed by atoms with E-state index in [-0.39, 0.29) is 0 Å². The number of likely N-dealkylation sites (N-methyl/N-ethyl adjacent to an activating group) is 1. The van der Waals surface area contributed by atoms with Crippen LogP contribution in [-0.4, -0.2) is 18.6 Å². The first-order valence-corrected chi connectivity index (χ1v) is 4.69. The summed E-state index contributed by atoms with van der Waals surface area (Å²) in [6.45, 7) is 1.12. The maximum absolute atomic E-state index is 5.70. The minimum atomic E-state index is 0.374. The molecule has 1 aliphatic carbocycles. The first kappa shape index (κ1) is 7.18. The van der Waals surface area contributed by atoms with Crippen molar-refractivity contribution in [1.82, 2.24) is 4.98 Å². The Hall–Kier alpha value is -1.25. The third-order valence-electron chi connectivity index (χ3n) is 3.20. The lowest BCUT2D eigenvalue weighted by Gasteiger charge is -2.10. The number of anilines is 2. The molecule has 1 aromatic heterocycles. The summed E-state index contributed by atoms with van der Waals surface area (Å²) in [6, 6.07) is 3.97. The van der Waals surface area contributed by atoms with E-state index < -0.39 is 0 Å². The predicted molar refractivity (Wildman–Crippen MR) is 52.8 cm³/mol. The van der Waals surface area contributed by atoms with Gasteiger partial charge in [0.05, 0.1) is 11.4 Å². The fraction of sp³-hybridized carbons (Fsp3) is 0.500. The first-order valence-electron chi connectivity index (χ1n) is 4.69. The molecule has 2 aliphatic rings. The van der Waals surface area contributed by atoms with E-state index in [2.05, 4.69) is 23.0 Å². The predicted octanol–water partition coefficient (Wildman–Crippen LogP) is 1.15. The van der Waals surface area contributed by atoms with Crippen LogP contribution < -0.4 is 10.6 Å². The maximum atomic E-state index is 5.70. The summed E-state index contributed by atoms with van der Waals surface area (Å²) < 4.78 is 0. The van der Waals surface area contributed by atoms with Crippen LogP contribution in [0.1, 0.15) is 18.5 Å². The molecule has 1 spiro atoms.